The van der Waals surface area contributed by atoms with Gasteiger partial charge in [0.25, 0.3) is 0 Å². The van der Waals surface area contributed by atoms with E-state index in [-0.39, 0.29) is 25.7 Å². The minimum Gasteiger partial charge on any atom is -0.449 e. The lowest BCUT2D eigenvalue weighted by molar-refractivity contribution is -0.142. The number of hydrogen-bond donors (Lipinski definition) is 0. The van der Waals surface area contributed by atoms with Gasteiger partial charge in [0.1, 0.15) is 0 Å². The highest BCUT2D eigenvalue weighted by molar-refractivity contribution is 6.63. The zero-order valence-electron chi connectivity index (χ0n) is 6.87. The van der Waals surface area contributed by atoms with Crippen molar-refractivity contribution in [2.24, 2.45) is 5.41 Å². The molecule has 0 unspecified atom stereocenters. The van der Waals surface area contributed by atoms with Crippen molar-refractivity contribution < 1.29 is 21.7 Å². The van der Waals surface area contributed by atoms with E-state index in [4.69, 9.17) is 0 Å². The van der Waals surface area contributed by atoms with Gasteiger partial charge in [0.05, 0.1) is 0 Å². The van der Waals surface area contributed by atoms with Gasteiger partial charge in [-0.1, -0.05) is 24.6 Å². The van der Waals surface area contributed by atoms with Crippen LogP contribution in [0.15, 0.2) is 0 Å². The number of alkyl halides is 2. The van der Waals surface area contributed by atoms with Gasteiger partial charge in [0, 0.05) is 6.42 Å². The highest BCUT2D eigenvalue weighted by Crippen LogP contribution is 2.83. The summed E-state index contributed by atoms with van der Waals surface area (Å²) in [6, 6.07) is 0. The molecular formula is C7H9BF5-. The highest BCUT2D eigenvalue weighted by atomic mass is 19.4. The molecule has 6 heteroatoms. The summed E-state index contributed by atoms with van der Waals surface area (Å²) >= 11 is 0. The number of hydrogen-bond acceptors (Lipinski definition) is 0. The van der Waals surface area contributed by atoms with E-state index in [9.17, 15) is 21.7 Å². The van der Waals surface area contributed by atoms with E-state index in [0.29, 0.717) is 0 Å². The Morgan fingerprint density at radius 3 is 1.85 bits per heavy atom. The molecule has 0 aromatic carbocycles. The van der Waals surface area contributed by atoms with Crippen LogP contribution in [0.2, 0.25) is 5.31 Å². The molecule has 3 fully saturated rings. The second-order valence-corrected chi connectivity index (χ2v) is 4.56. The molecule has 3 saturated carbocycles. The van der Waals surface area contributed by atoms with Crippen LogP contribution in [0.5, 0.6) is 0 Å². The molecule has 13 heavy (non-hydrogen) atoms. The standard InChI is InChI=1S/C7H9BF5/c9-5(10)1-6-2-7(3-6,4-6)8(11,12)13/h5H,1-4H2/q-1. The second-order valence-electron chi connectivity index (χ2n) is 4.56. The molecule has 0 aromatic heterocycles. The minimum absolute atomic E-state index is 0.0478. The molecule has 0 amide bonds. The first-order chi connectivity index (χ1) is 5.79. The van der Waals surface area contributed by atoms with Crippen molar-refractivity contribution in [3.8, 4) is 0 Å². The summed E-state index contributed by atoms with van der Waals surface area (Å²) in [5, 5.41) is -1.52. The lowest BCUT2D eigenvalue weighted by Gasteiger charge is -2.75. The van der Waals surface area contributed by atoms with E-state index in [1.807, 2.05) is 0 Å². The van der Waals surface area contributed by atoms with Crippen LogP contribution in [-0.4, -0.2) is 13.4 Å². The molecule has 0 atom stereocenters. The van der Waals surface area contributed by atoms with Crippen molar-refractivity contribution >= 4 is 6.98 Å². The van der Waals surface area contributed by atoms with E-state index in [2.05, 4.69) is 0 Å². The van der Waals surface area contributed by atoms with Gasteiger partial charge in [-0.15, -0.1) is 0 Å². The minimum atomic E-state index is -4.81. The van der Waals surface area contributed by atoms with E-state index >= 15 is 0 Å². The summed E-state index contributed by atoms with van der Waals surface area (Å²) in [4.78, 5) is 0. The van der Waals surface area contributed by atoms with Crippen molar-refractivity contribution in [2.45, 2.75) is 37.4 Å². The molecule has 3 aliphatic rings. The Morgan fingerprint density at radius 2 is 1.54 bits per heavy atom. The summed E-state index contributed by atoms with van der Waals surface area (Å²) in [5.41, 5.74) is -0.647. The van der Waals surface area contributed by atoms with Crippen LogP contribution in [0.3, 0.4) is 0 Å². The molecule has 3 aliphatic carbocycles. The van der Waals surface area contributed by atoms with Crippen LogP contribution < -0.4 is 0 Å². The average Bonchev–Trinajstić information content (AvgIpc) is 1.70. The monoisotopic (exact) mass is 199 g/mol. The van der Waals surface area contributed by atoms with Crippen LogP contribution in [0.1, 0.15) is 25.7 Å². The number of rotatable bonds is 3. The second kappa shape index (κ2) is 2.20. The Labute approximate surface area is 72.6 Å². The SMILES string of the molecule is FC(F)CC12CC([B-](F)(F)F)(C1)C2. The van der Waals surface area contributed by atoms with Gasteiger partial charge in [-0.2, -0.15) is 0 Å². The third-order valence-corrected chi connectivity index (χ3v) is 3.46. The molecule has 76 valence electrons. The zero-order chi connectivity index (χ0) is 9.91. The summed E-state index contributed by atoms with van der Waals surface area (Å²) in [5.74, 6) is 0. The normalized spacial score (nSPS) is 42.9. The summed E-state index contributed by atoms with van der Waals surface area (Å²) in [6.07, 6.45) is -2.95. The van der Waals surface area contributed by atoms with Gasteiger partial charge in [0.2, 0.25) is 6.43 Å². The first-order valence-electron chi connectivity index (χ1n) is 4.26. The average molecular weight is 199 g/mol. The molecule has 0 saturated heterocycles. The Balaban J connectivity index is 1.93. The zero-order valence-corrected chi connectivity index (χ0v) is 6.87. The third kappa shape index (κ3) is 1.10. The highest BCUT2D eigenvalue weighted by Gasteiger charge is 2.73. The topological polar surface area (TPSA) is 0 Å². The van der Waals surface area contributed by atoms with Crippen molar-refractivity contribution in [2.75, 3.05) is 0 Å². The molecule has 0 aliphatic heterocycles. The first-order valence-corrected chi connectivity index (χ1v) is 4.26. The predicted octanol–water partition coefficient (Wildman–Crippen LogP) is 3.41. The quantitative estimate of drug-likeness (QED) is 0.482. The fourth-order valence-corrected chi connectivity index (χ4v) is 2.98. The van der Waals surface area contributed by atoms with Gasteiger partial charge in [0.15, 0.2) is 0 Å². The van der Waals surface area contributed by atoms with Crippen LogP contribution in [0.4, 0.5) is 21.7 Å². The first kappa shape index (κ1) is 9.28. The van der Waals surface area contributed by atoms with Crippen molar-refractivity contribution in [1.29, 1.82) is 0 Å². The van der Waals surface area contributed by atoms with Gasteiger partial charge in [-0.3, -0.25) is 0 Å². The number of halogens is 5. The van der Waals surface area contributed by atoms with Crippen LogP contribution in [-0.2, 0) is 0 Å². The van der Waals surface area contributed by atoms with Crippen molar-refractivity contribution in [1.82, 2.24) is 0 Å². The molecule has 0 radical (unpaired) electrons. The van der Waals surface area contributed by atoms with Crippen molar-refractivity contribution in [3.63, 3.8) is 0 Å². The molecule has 2 bridgehead atoms. The Kier molecular flexibility index (Phi) is 1.57. The van der Waals surface area contributed by atoms with E-state index in [0.717, 1.165) is 0 Å². The lowest BCUT2D eigenvalue weighted by Crippen LogP contribution is -2.65. The fourth-order valence-electron chi connectivity index (χ4n) is 2.98. The molecular weight excluding hydrogens is 190 g/mol. The van der Waals surface area contributed by atoms with E-state index in [1.165, 1.54) is 0 Å². The van der Waals surface area contributed by atoms with E-state index in [1.54, 1.807) is 0 Å². The fraction of sp³-hybridized carbons (Fsp3) is 1.00. The predicted molar refractivity (Wildman–Crippen MR) is 38.7 cm³/mol. The maximum Gasteiger partial charge on any atom is 0.484 e. The van der Waals surface area contributed by atoms with Gasteiger partial charge in [-0.05, 0) is 5.41 Å². The largest absolute Gasteiger partial charge is 0.484 e. The van der Waals surface area contributed by atoms with Crippen LogP contribution in [0.25, 0.3) is 0 Å². The van der Waals surface area contributed by atoms with Gasteiger partial charge >= 0.3 is 6.98 Å². The molecule has 0 spiro atoms. The Bertz CT molecular complexity index is 214. The lowest BCUT2D eigenvalue weighted by atomic mass is 9.23. The van der Waals surface area contributed by atoms with Gasteiger partial charge < -0.3 is 12.9 Å². The van der Waals surface area contributed by atoms with E-state index < -0.39 is 24.1 Å². The third-order valence-electron chi connectivity index (χ3n) is 3.46. The van der Waals surface area contributed by atoms with Gasteiger partial charge in [-0.25, -0.2) is 8.78 Å². The molecule has 0 N–H and O–H groups in total. The Morgan fingerprint density at radius 1 is 1.08 bits per heavy atom. The van der Waals surface area contributed by atoms with Crippen LogP contribution in [0, 0.1) is 5.41 Å². The smallest absolute Gasteiger partial charge is 0.449 e. The molecule has 3 rings (SSSR count). The summed E-state index contributed by atoms with van der Waals surface area (Å²) in [7, 11) is 0. The maximum atomic E-state index is 12.3. The molecule has 0 nitrogen and oxygen atoms in total. The maximum absolute atomic E-state index is 12.3. The Hall–Kier alpha value is -0.285. The molecule has 0 aromatic rings. The van der Waals surface area contributed by atoms with Crippen LogP contribution >= 0.6 is 0 Å². The summed E-state index contributed by atoms with van der Waals surface area (Å²) < 4.78 is 60.8. The summed E-state index contributed by atoms with van der Waals surface area (Å²) in [6.45, 7) is -4.81. The molecule has 0 heterocycles. The van der Waals surface area contributed by atoms with Crippen molar-refractivity contribution in [3.05, 3.63) is 0 Å².